The van der Waals surface area contributed by atoms with Crippen molar-refractivity contribution in [3.8, 4) is 11.5 Å². The molecule has 0 fully saturated rings. The largest absolute Gasteiger partial charge is 0.457 e. The molecule has 0 radical (unpaired) electrons. The van der Waals surface area contributed by atoms with Crippen molar-refractivity contribution >= 4 is 33.0 Å². The summed E-state index contributed by atoms with van der Waals surface area (Å²) in [5.74, 6) is 6.72. The number of anilines is 3. The Balaban J connectivity index is 1.48. The minimum absolute atomic E-state index is 0.303. The van der Waals surface area contributed by atoms with Gasteiger partial charge < -0.3 is 15.4 Å². The molecule has 1 atom stereocenters. The molecule has 0 amide bonds. The lowest BCUT2D eigenvalue weighted by Gasteiger charge is -2.27. The lowest BCUT2D eigenvalue weighted by molar-refractivity contribution is 0.483. The topological polar surface area (TPSA) is 88.2 Å². The summed E-state index contributed by atoms with van der Waals surface area (Å²) in [4.78, 5) is 10.0. The maximum atomic E-state index is 13.3. The van der Waals surface area contributed by atoms with Gasteiger partial charge in [0.2, 0.25) is 5.95 Å². The number of benzene rings is 2. The molecule has 0 saturated carbocycles. The molecule has 1 aliphatic rings. The van der Waals surface area contributed by atoms with E-state index in [1.807, 2.05) is 87.6 Å². The minimum atomic E-state index is -2.58. The molecular weight excluding hydrogens is 482 g/mol. The number of para-hydroxylation sites is 1. The summed E-state index contributed by atoms with van der Waals surface area (Å²) in [7, 11) is -2.58. The van der Waals surface area contributed by atoms with E-state index in [0.717, 1.165) is 46.2 Å². The molecule has 7 nitrogen and oxygen atoms in total. The van der Waals surface area contributed by atoms with Crippen molar-refractivity contribution in [2.24, 2.45) is 0 Å². The normalized spacial score (nSPS) is 15.2. The third kappa shape index (κ3) is 7.44. The van der Waals surface area contributed by atoms with E-state index in [9.17, 15) is 4.21 Å². The molecular formula is C29H35N5O2S. The van der Waals surface area contributed by atoms with Gasteiger partial charge in [0, 0.05) is 43.3 Å². The van der Waals surface area contributed by atoms with Gasteiger partial charge in [0.1, 0.15) is 17.3 Å². The molecule has 194 valence electrons. The van der Waals surface area contributed by atoms with Crippen LogP contribution in [0.5, 0.6) is 11.5 Å². The molecule has 3 N–H and O–H groups in total. The summed E-state index contributed by atoms with van der Waals surface area (Å²) < 4.78 is 22.3. The Bertz CT molecular complexity index is 1390. The van der Waals surface area contributed by atoms with E-state index >= 15 is 0 Å². The predicted molar refractivity (Wildman–Crippen MR) is 155 cm³/mol. The van der Waals surface area contributed by atoms with Gasteiger partial charge in [-0.2, -0.15) is 4.98 Å². The lowest BCUT2D eigenvalue weighted by Crippen LogP contribution is -2.41. The Labute approximate surface area is 220 Å². The lowest BCUT2D eigenvalue weighted by atomic mass is 10.1. The molecule has 37 heavy (non-hydrogen) atoms. The predicted octanol–water partition coefficient (Wildman–Crippen LogP) is 6.57. The van der Waals surface area contributed by atoms with Crippen LogP contribution in [0.15, 0.2) is 83.5 Å². The van der Waals surface area contributed by atoms with E-state index in [2.05, 4.69) is 39.2 Å². The van der Waals surface area contributed by atoms with Crippen molar-refractivity contribution in [2.75, 3.05) is 10.6 Å². The highest BCUT2D eigenvalue weighted by Crippen LogP contribution is 2.27. The molecule has 8 heteroatoms. The number of hydrogen-bond donors (Lipinski definition) is 3. The van der Waals surface area contributed by atoms with Gasteiger partial charge in [0.25, 0.3) is 0 Å². The summed E-state index contributed by atoms with van der Waals surface area (Å²) >= 11 is 0. The molecule has 3 aromatic rings. The SMILES string of the molecule is C=S(=O)(NC(C)(C)C)C1=CC(Nc2nc(Nc3ccc(Oc4ccccc4)cc3)ncc2CC)=CCC1. The maximum absolute atomic E-state index is 13.3. The van der Waals surface area contributed by atoms with Crippen LogP contribution in [-0.4, -0.2) is 25.6 Å². The second-order valence-corrected chi connectivity index (χ2v) is 12.0. The highest BCUT2D eigenvalue weighted by molar-refractivity contribution is 8.02. The van der Waals surface area contributed by atoms with Crippen molar-refractivity contribution in [2.45, 2.75) is 52.5 Å². The molecule has 2 aromatic carbocycles. The quantitative estimate of drug-likeness (QED) is 0.278. The first-order valence-corrected chi connectivity index (χ1v) is 14.1. The first kappa shape index (κ1) is 26.4. The number of nitrogens with one attached hydrogen (secondary N) is 3. The first-order chi connectivity index (χ1) is 17.6. The summed E-state index contributed by atoms with van der Waals surface area (Å²) in [5.41, 5.74) is 2.39. The molecule has 1 heterocycles. The Hall–Kier alpha value is -3.62. The molecule has 1 aliphatic carbocycles. The fourth-order valence-corrected chi connectivity index (χ4v) is 5.80. The molecule has 0 bridgehead atoms. The molecule has 4 rings (SSSR count). The van der Waals surface area contributed by atoms with E-state index in [0.29, 0.717) is 18.2 Å². The van der Waals surface area contributed by atoms with Crippen LogP contribution in [0.4, 0.5) is 17.5 Å². The van der Waals surface area contributed by atoms with Gasteiger partial charge in [0.05, 0.1) is 0 Å². The second-order valence-electron chi connectivity index (χ2n) is 9.95. The highest BCUT2D eigenvalue weighted by atomic mass is 32.2. The zero-order chi connectivity index (χ0) is 26.5. The second kappa shape index (κ2) is 11.2. The Morgan fingerprint density at radius 3 is 2.41 bits per heavy atom. The van der Waals surface area contributed by atoms with Crippen LogP contribution in [0.3, 0.4) is 0 Å². The first-order valence-electron chi connectivity index (χ1n) is 12.4. The minimum Gasteiger partial charge on any atom is -0.457 e. The summed E-state index contributed by atoms with van der Waals surface area (Å²) in [5, 5.41) is 6.68. The molecule has 1 aromatic heterocycles. The molecule has 0 aliphatic heterocycles. The highest BCUT2D eigenvalue weighted by Gasteiger charge is 2.21. The number of hydrogen-bond acceptors (Lipinski definition) is 6. The average molecular weight is 518 g/mol. The van der Waals surface area contributed by atoms with E-state index in [1.54, 1.807) is 0 Å². The van der Waals surface area contributed by atoms with Crippen LogP contribution in [0, 0.1) is 0 Å². The van der Waals surface area contributed by atoms with Gasteiger partial charge in [0.15, 0.2) is 0 Å². The summed E-state index contributed by atoms with van der Waals surface area (Å²) in [6.07, 6.45) is 8.10. The zero-order valence-electron chi connectivity index (χ0n) is 21.9. The summed E-state index contributed by atoms with van der Waals surface area (Å²) in [6, 6.07) is 17.3. The number of allylic oxidation sites excluding steroid dienone is 3. The Morgan fingerprint density at radius 1 is 1.03 bits per heavy atom. The van der Waals surface area contributed by atoms with E-state index in [-0.39, 0.29) is 5.54 Å². The van der Waals surface area contributed by atoms with Crippen LogP contribution in [-0.2, 0) is 16.1 Å². The van der Waals surface area contributed by atoms with E-state index in [4.69, 9.17) is 9.72 Å². The van der Waals surface area contributed by atoms with Crippen LogP contribution in [0.25, 0.3) is 0 Å². The fraction of sp³-hybridized carbons (Fsp3) is 0.276. The smallest absolute Gasteiger partial charge is 0.229 e. The number of ether oxygens (including phenoxy) is 1. The number of nitrogens with zero attached hydrogens (tertiary/aromatic N) is 2. The third-order valence-electron chi connectivity index (χ3n) is 5.56. The van der Waals surface area contributed by atoms with E-state index in [1.165, 1.54) is 0 Å². The van der Waals surface area contributed by atoms with Gasteiger partial charge >= 0.3 is 0 Å². The van der Waals surface area contributed by atoms with Gasteiger partial charge in [-0.05, 0) is 88.4 Å². The number of aryl methyl sites for hydroxylation is 1. The number of rotatable bonds is 9. The zero-order valence-corrected chi connectivity index (χ0v) is 22.7. The monoisotopic (exact) mass is 517 g/mol. The van der Waals surface area contributed by atoms with Gasteiger partial charge in [-0.1, -0.05) is 31.2 Å². The molecule has 1 unspecified atom stereocenters. The summed E-state index contributed by atoms with van der Waals surface area (Å²) in [6.45, 7) is 8.03. The van der Waals surface area contributed by atoms with Crippen LogP contribution >= 0.6 is 0 Å². The third-order valence-corrected chi connectivity index (χ3v) is 7.67. The Kier molecular flexibility index (Phi) is 8.00. The van der Waals surface area contributed by atoms with Crippen molar-refractivity contribution in [1.82, 2.24) is 14.7 Å². The number of aromatic nitrogens is 2. The van der Waals surface area contributed by atoms with Gasteiger partial charge in [-0.15, -0.1) is 0 Å². The average Bonchev–Trinajstić information content (AvgIpc) is 2.85. The molecule has 0 saturated heterocycles. The Morgan fingerprint density at radius 2 is 1.73 bits per heavy atom. The van der Waals surface area contributed by atoms with E-state index < -0.39 is 9.71 Å². The van der Waals surface area contributed by atoms with Crippen molar-refractivity contribution in [1.29, 1.82) is 0 Å². The van der Waals surface area contributed by atoms with Crippen molar-refractivity contribution < 1.29 is 8.95 Å². The standard InChI is InChI=1S/C29H35N5O2S/c1-6-21-20-30-28(32-22-15-17-25(18-16-22)36-24-12-8-7-9-13-24)33-27(21)31-23-11-10-14-26(19-23)37(5,35)34-29(2,3)4/h7-9,11-13,15-20H,5-6,10,14H2,1-4H3,(H,34,35)(H2,30,31,32,33). The van der Waals surface area contributed by atoms with Gasteiger partial charge in [-0.3, -0.25) is 0 Å². The van der Waals surface area contributed by atoms with Crippen LogP contribution in [0.2, 0.25) is 0 Å². The van der Waals surface area contributed by atoms with Crippen molar-refractivity contribution in [3.63, 3.8) is 0 Å². The van der Waals surface area contributed by atoms with Crippen LogP contribution in [0.1, 0.15) is 46.1 Å². The van der Waals surface area contributed by atoms with Crippen molar-refractivity contribution in [3.05, 3.63) is 89.1 Å². The van der Waals surface area contributed by atoms with Crippen LogP contribution < -0.4 is 20.1 Å². The van der Waals surface area contributed by atoms with Gasteiger partial charge in [-0.25, -0.2) is 13.9 Å². The maximum Gasteiger partial charge on any atom is 0.229 e. The molecule has 0 spiro atoms. The fourth-order valence-electron chi connectivity index (χ4n) is 3.91.